The number of aliphatic hydroxyl groups is 2. The van der Waals surface area contributed by atoms with Gasteiger partial charge in [0.25, 0.3) is 0 Å². The second-order valence-corrected chi connectivity index (χ2v) is 9.41. The van der Waals surface area contributed by atoms with E-state index in [2.05, 4.69) is 24.2 Å². The summed E-state index contributed by atoms with van der Waals surface area (Å²) in [5.41, 5.74) is 6.79. The summed E-state index contributed by atoms with van der Waals surface area (Å²) in [6.07, 6.45) is 6.59. The van der Waals surface area contributed by atoms with Crippen LogP contribution in [0.2, 0.25) is 0 Å². The Kier molecular flexibility index (Phi) is 12.6. The van der Waals surface area contributed by atoms with Crippen molar-refractivity contribution in [1.82, 2.24) is 10.0 Å². The molecule has 0 saturated carbocycles. The number of aliphatic hydroxyl groups excluding tert-OH is 2. The molecule has 170 valence electrons. The minimum absolute atomic E-state index is 0.0717. The first-order chi connectivity index (χ1) is 13.4. The van der Waals surface area contributed by atoms with Crippen molar-refractivity contribution in [3.63, 3.8) is 0 Å². The van der Waals surface area contributed by atoms with Crippen LogP contribution in [0.4, 0.5) is 0 Å². The third-order valence-corrected chi connectivity index (χ3v) is 5.08. The molecule has 2 atom stereocenters. The Labute approximate surface area is 175 Å². The molecule has 8 N–H and O–H groups in total. The Morgan fingerprint density at radius 2 is 1.45 bits per heavy atom. The van der Waals surface area contributed by atoms with E-state index in [1.165, 1.54) is 16.4 Å². The summed E-state index contributed by atoms with van der Waals surface area (Å²) in [6, 6.07) is 0. The summed E-state index contributed by atoms with van der Waals surface area (Å²) < 4.78 is 0. The zero-order valence-electron chi connectivity index (χ0n) is 18.5. The van der Waals surface area contributed by atoms with Crippen LogP contribution in [-0.4, -0.2) is 58.2 Å². The molecule has 0 amide bonds. The van der Waals surface area contributed by atoms with Crippen molar-refractivity contribution < 1.29 is 10.2 Å². The van der Waals surface area contributed by atoms with Crippen molar-refractivity contribution in [3.8, 4) is 0 Å². The van der Waals surface area contributed by atoms with Crippen molar-refractivity contribution in [2.45, 2.75) is 84.8 Å². The van der Waals surface area contributed by atoms with Crippen molar-refractivity contribution >= 4 is 12.7 Å². The normalized spacial score (nSPS) is 14.6. The van der Waals surface area contributed by atoms with Crippen molar-refractivity contribution in [1.29, 1.82) is 10.9 Å². The van der Waals surface area contributed by atoms with Crippen molar-refractivity contribution in [2.24, 2.45) is 32.8 Å². The monoisotopic (exact) mass is 414 g/mol. The van der Waals surface area contributed by atoms with E-state index >= 15 is 0 Å². The predicted molar refractivity (Wildman–Crippen MR) is 116 cm³/mol. The van der Waals surface area contributed by atoms with Gasteiger partial charge in [-0.15, -0.1) is 0 Å². The third kappa shape index (κ3) is 13.9. The molecule has 0 fully saturated rings. The molecule has 10 nitrogen and oxygen atoms in total. The Balaban J connectivity index is 4.10. The Bertz CT molecular complexity index is 491. The lowest BCUT2D eigenvalue weighted by atomic mass is 9.85. The molecule has 0 spiro atoms. The Hall–Kier alpha value is -1.78. The number of nitrogens with zero attached hydrogens (tertiary/aromatic N) is 4. The van der Waals surface area contributed by atoms with E-state index in [0.717, 1.165) is 25.6 Å². The molecule has 0 aromatic carbocycles. The minimum atomic E-state index is -0.416. The molecule has 0 aromatic heterocycles. The lowest BCUT2D eigenvalue weighted by Gasteiger charge is -2.29. The molecule has 0 heterocycles. The van der Waals surface area contributed by atoms with Gasteiger partial charge < -0.3 is 16.1 Å². The van der Waals surface area contributed by atoms with Crippen molar-refractivity contribution in [2.75, 3.05) is 13.1 Å². The van der Waals surface area contributed by atoms with Gasteiger partial charge in [-0.1, -0.05) is 32.9 Å². The van der Waals surface area contributed by atoms with Crippen molar-refractivity contribution in [3.05, 3.63) is 0 Å². The molecule has 0 aliphatic carbocycles. The SMILES string of the molecule is CC(C)(CCC(O)CCCC(O)CCC(C)(C)CN(C=N)N=N)CN(N)/C=N\N. The summed E-state index contributed by atoms with van der Waals surface area (Å²) in [7, 11) is 0. The highest BCUT2D eigenvalue weighted by molar-refractivity contribution is 5.53. The van der Waals surface area contributed by atoms with Crippen LogP contribution in [-0.2, 0) is 0 Å². The lowest BCUT2D eigenvalue weighted by molar-refractivity contribution is 0.101. The molecule has 0 aliphatic heterocycles. The maximum Gasteiger partial charge on any atom is 0.125 e. The van der Waals surface area contributed by atoms with Crippen LogP contribution in [0.5, 0.6) is 0 Å². The largest absolute Gasteiger partial charge is 0.393 e. The van der Waals surface area contributed by atoms with Gasteiger partial charge in [0, 0.05) is 13.1 Å². The summed E-state index contributed by atoms with van der Waals surface area (Å²) in [6.45, 7) is 9.31. The second kappa shape index (κ2) is 13.4. The van der Waals surface area contributed by atoms with Crippen LogP contribution in [0.15, 0.2) is 10.3 Å². The molecule has 0 bridgehead atoms. The van der Waals surface area contributed by atoms with E-state index in [4.69, 9.17) is 22.6 Å². The summed E-state index contributed by atoms with van der Waals surface area (Å²) in [5.74, 6) is 10.9. The first-order valence-electron chi connectivity index (χ1n) is 10.2. The second-order valence-electron chi connectivity index (χ2n) is 9.41. The number of hydrazone groups is 1. The first kappa shape index (κ1) is 27.2. The van der Waals surface area contributed by atoms with Crippen LogP contribution >= 0.6 is 0 Å². The third-order valence-electron chi connectivity index (χ3n) is 5.08. The maximum atomic E-state index is 10.2. The summed E-state index contributed by atoms with van der Waals surface area (Å²) in [5, 5.41) is 37.1. The Morgan fingerprint density at radius 1 is 0.966 bits per heavy atom. The number of hydrogen-bond acceptors (Lipinski definition) is 8. The molecule has 0 aliphatic rings. The predicted octanol–water partition coefficient (Wildman–Crippen LogP) is 2.42. The summed E-state index contributed by atoms with van der Waals surface area (Å²) in [4.78, 5) is 0. The van der Waals surface area contributed by atoms with Crippen LogP contribution in [0.1, 0.15) is 72.6 Å². The number of nitrogens with two attached hydrogens (primary N) is 2. The van der Waals surface area contributed by atoms with Gasteiger partial charge in [-0.05, 0) is 55.8 Å². The first-order valence-corrected chi connectivity index (χ1v) is 10.2. The zero-order valence-corrected chi connectivity index (χ0v) is 18.5. The number of rotatable bonds is 17. The van der Waals surface area contributed by atoms with E-state index < -0.39 is 12.2 Å². The highest BCUT2D eigenvalue weighted by Crippen LogP contribution is 2.27. The molecule has 0 rings (SSSR count). The molecule has 0 aromatic rings. The van der Waals surface area contributed by atoms with Gasteiger partial charge in [-0.25, -0.2) is 10.9 Å². The molecule has 0 radical (unpaired) electrons. The molecule has 2 unspecified atom stereocenters. The van der Waals surface area contributed by atoms with E-state index in [0.29, 0.717) is 38.8 Å². The van der Waals surface area contributed by atoms with Gasteiger partial charge in [-0.3, -0.25) is 10.4 Å². The van der Waals surface area contributed by atoms with Crippen LogP contribution in [0, 0.1) is 21.8 Å². The molecular formula is C19H42N8O2. The zero-order chi connectivity index (χ0) is 22.5. The van der Waals surface area contributed by atoms with Crippen LogP contribution in [0.25, 0.3) is 0 Å². The van der Waals surface area contributed by atoms with Crippen LogP contribution in [0.3, 0.4) is 0 Å². The molecule has 0 saturated heterocycles. The maximum absolute atomic E-state index is 10.2. The fourth-order valence-corrected chi connectivity index (χ4v) is 3.32. The van der Waals surface area contributed by atoms with Gasteiger partial charge >= 0.3 is 0 Å². The fraction of sp³-hybridized carbons (Fsp3) is 0.895. The molecular weight excluding hydrogens is 372 g/mol. The fourth-order valence-electron chi connectivity index (χ4n) is 3.32. The van der Waals surface area contributed by atoms with Gasteiger partial charge in [0.1, 0.15) is 12.7 Å². The lowest BCUT2D eigenvalue weighted by Crippen LogP contribution is -2.39. The Morgan fingerprint density at radius 3 is 1.86 bits per heavy atom. The minimum Gasteiger partial charge on any atom is -0.393 e. The smallest absolute Gasteiger partial charge is 0.125 e. The van der Waals surface area contributed by atoms with Crippen LogP contribution < -0.4 is 11.7 Å². The van der Waals surface area contributed by atoms with E-state index in [9.17, 15) is 10.2 Å². The average molecular weight is 415 g/mol. The molecule has 10 heteroatoms. The van der Waals surface area contributed by atoms with Gasteiger partial charge in [0.2, 0.25) is 0 Å². The van der Waals surface area contributed by atoms with E-state index in [-0.39, 0.29) is 10.8 Å². The van der Waals surface area contributed by atoms with E-state index in [1.54, 1.807) is 0 Å². The number of hydrazine groups is 1. The van der Waals surface area contributed by atoms with E-state index in [1.807, 2.05) is 13.8 Å². The number of nitrogens with one attached hydrogen (secondary N) is 2. The summed E-state index contributed by atoms with van der Waals surface area (Å²) >= 11 is 0. The van der Waals surface area contributed by atoms with Gasteiger partial charge in [0.15, 0.2) is 0 Å². The highest BCUT2D eigenvalue weighted by Gasteiger charge is 2.23. The standard InChI is InChI=1S/C19H42N8O2/c1-18(2,12-26(23)15-24-21)10-8-16(28)6-5-7-17(29)9-11-19(3,4)13-27(14-20)25-22/h14-17,20,22,28-29H,5-13,21,23H2,1-4H3/b20-14?,24-15-,25-22?. The quantitative estimate of drug-likeness (QED) is 0.0701. The molecule has 29 heavy (non-hydrogen) atoms. The van der Waals surface area contributed by atoms with Gasteiger partial charge in [0.05, 0.1) is 12.2 Å². The van der Waals surface area contributed by atoms with Gasteiger partial charge in [-0.2, -0.15) is 10.6 Å². The highest BCUT2D eigenvalue weighted by atomic mass is 16.3. The topological polar surface area (TPSA) is 171 Å². The average Bonchev–Trinajstić information content (AvgIpc) is 2.63. The number of hydrogen-bond donors (Lipinski definition) is 6.